The molecule has 32 heavy (non-hydrogen) atoms. The minimum atomic E-state index is -0.829. The summed E-state index contributed by atoms with van der Waals surface area (Å²) in [5.41, 5.74) is 3.10. The summed E-state index contributed by atoms with van der Waals surface area (Å²) < 4.78 is 10.5. The molecule has 3 amide bonds. The molecule has 1 aliphatic rings. The predicted molar refractivity (Wildman–Crippen MR) is 120 cm³/mol. The van der Waals surface area contributed by atoms with E-state index in [9.17, 15) is 19.2 Å². The van der Waals surface area contributed by atoms with Gasteiger partial charge in [-0.05, 0) is 42.0 Å². The molecular weight excluding hydrogens is 481 g/mol. The first-order valence-electron chi connectivity index (χ1n) is 8.95. The van der Waals surface area contributed by atoms with Crippen molar-refractivity contribution < 1.29 is 28.7 Å². The lowest BCUT2D eigenvalue weighted by atomic mass is 10.2. The number of halogens is 2. The van der Waals surface area contributed by atoms with Gasteiger partial charge in [0.1, 0.15) is 5.25 Å². The molecule has 1 atom stereocenters. The summed E-state index contributed by atoms with van der Waals surface area (Å²) in [6.45, 7) is 0. The lowest BCUT2D eigenvalue weighted by Gasteiger charge is -2.11. The Balaban J connectivity index is 1.61. The van der Waals surface area contributed by atoms with Gasteiger partial charge in [-0.15, -0.1) is 0 Å². The molecule has 12 heteroatoms. The van der Waals surface area contributed by atoms with Crippen LogP contribution in [-0.4, -0.2) is 41.6 Å². The molecule has 1 heterocycles. The number of methoxy groups -OCH3 is 1. The van der Waals surface area contributed by atoms with Crippen LogP contribution < -0.4 is 20.2 Å². The molecule has 0 aliphatic carbocycles. The highest BCUT2D eigenvalue weighted by Crippen LogP contribution is 2.29. The van der Waals surface area contributed by atoms with Crippen molar-refractivity contribution in [2.75, 3.05) is 7.11 Å². The van der Waals surface area contributed by atoms with Crippen LogP contribution in [0.2, 0.25) is 10.0 Å². The maximum atomic E-state index is 12.2. The van der Waals surface area contributed by atoms with Crippen LogP contribution in [0.15, 0.2) is 41.5 Å². The van der Waals surface area contributed by atoms with Crippen LogP contribution in [0, 0.1) is 0 Å². The molecule has 2 aromatic rings. The number of thioether (sulfide) groups is 1. The number of hydrogen-bond donors (Lipinski definition) is 2. The molecule has 1 aliphatic heterocycles. The van der Waals surface area contributed by atoms with Crippen LogP contribution in [0.5, 0.6) is 11.5 Å². The number of carbonyl (C=O) groups excluding carboxylic acids is 4. The van der Waals surface area contributed by atoms with E-state index in [0.29, 0.717) is 10.6 Å². The number of hydrogen-bond acceptors (Lipinski definition) is 8. The first kappa shape index (κ1) is 23.6. The van der Waals surface area contributed by atoms with E-state index in [1.54, 1.807) is 6.07 Å². The summed E-state index contributed by atoms with van der Waals surface area (Å²) in [6, 6.07) is 9.05. The number of hydrazone groups is 1. The van der Waals surface area contributed by atoms with Gasteiger partial charge in [0.25, 0.3) is 11.1 Å². The quantitative estimate of drug-likeness (QED) is 0.261. The monoisotopic (exact) mass is 495 g/mol. The number of amides is 3. The molecule has 0 bridgehead atoms. The fourth-order valence-electron chi connectivity index (χ4n) is 2.59. The smallest absolute Gasteiger partial charge is 0.312 e. The Morgan fingerprint density at radius 2 is 1.97 bits per heavy atom. The van der Waals surface area contributed by atoms with E-state index in [-0.39, 0.29) is 28.5 Å². The molecule has 2 N–H and O–H groups in total. The molecule has 2 aromatic carbocycles. The second-order valence-electron chi connectivity index (χ2n) is 6.29. The van der Waals surface area contributed by atoms with E-state index in [1.165, 1.54) is 43.7 Å². The highest BCUT2D eigenvalue weighted by molar-refractivity contribution is 8.15. The third-order valence-corrected chi connectivity index (χ3v) is 5.62. The largest absolute Gasteiger partial charge is 0.493 e. The van der Waals surface area contributed by atoms with Gasteiger partial charge in [0.05, 0.1) is 30.3 Å². The minimum absolute atomic E-state index is 0.126. The SMILES string of the molecule is COc1cc(/C=N/NC(=O)c2ccc(Cl)cc2Cl)ccc1OC(=O)CC1SC(=O)NC1=O. The fourth-order valence-corrected chi connectivity index (χ4v) is 3.89. The van der Waals surface area contributed by atoms with Crippen LogP contribution in [0.25, 0.3) is 0 Å². The second kappa shape index (κ2) is 10.5. The number of nitrogens with zero attached hydrogens (tertiary/aromatic N) is 1. The van der Waals surface area contributed by atoms with Crippen molar-refractivity contribution in [3.8, 4) is 11.5 Å². The number of nitrogens with one attached hydrogen (secondary N) is 2. The number of esters is 1. The zero-order chi connectivity index (χ0) is 23.3. The standard InChI is InChI=1S/C20H15Cl2N3O6S/c1-30-15-6-10(9-23-25-18(27)12-4-3-11(21)7-13(12)22)2-5-14(15)31-17(26)8-16-19(28)24-20(29)32-16/h2-7,9,16H,8H2,1H3,(H,25,27)(H,24,28,29)/b23-9+. The Morgan fingerprint density at radius 1 is 1.19 bits per heavy atom. The molecule has 1 unspecified atom stereocenters. The van der Waals surface area contributed by atoms with Crippen LogP contribution in [0.1, 0.15) is 22.3 Å². The van der Waals surface area contributed by atoms with Gasteiger partial charge in [-0.25, -0.2) is 5.43 Å². The summed E-state index contributed by atoms with van der Waals surface area (Å²) in [7, 11) is 1.39. The van der Waals surface area contributed by atoms with Gasteiger partial charge in [0.2, 0.25) is 5.91 Å². The Hall–Kier alpha value is -3.08. The summed E-state index contributed by atoms with van der Waals surface area (Å²) in [4.78, 5) is 47.1. The lowest BCUT2D eigenvalue weighted by Crippen LogP contribution is -2.27. The maximum Gasteiger partial charge on any atom is 0.312 e. The normalized spacial score (nSPS) is 15.5. The fraction of sp³-hybridized carbons (Fsp3) is 0.150. The third kappa shape index (κ3) is 6.00. The van der Waals surface area contributed by atoms with Crippen molar-refractivity contribution in [3.63, 3.8) is 0 Å². The van der Waals surface area contributed by atoms with Crippen molar-refractivity contribution in [3.05, 3.63) is 57.6 Å². The Kier molecular flexibility index (Phi) is 7.73. The van der Waals surface area contributed by atoms with Crippen LogP contribution in [-0.2, 0) is 9.59 Å². The average molecular weight is 496 g/mol. The Labute approximate surface area is 196 Å². The molecule has 9 nitrogen and oxygen atoms in total. The molecule has 3 rings (SSSR count). The molecule has 166 valence electrons. The highest BCUT2D eigenvalue weighted by atomic mass is 35.5. The molecule has 1 saturated heterocycles. The first-order chi connectivity index (χ1) is 15.3. The van der Waals surface area contributed by atoms with Gasteiger partial charge in [0.15, 0.2) is 11.5 Å². The van der Waals surface area contributed by atoms with Gasteiger partial charge >= 0.3 is 5.97 Å². The molecule has 0 spiro atoms. The third-order valence-electron chi connectivity index (χ3n) is 4.09. The van der Waals surface area contributed by atoms with Crippen LogP contribution >= 0.6 is 35.0 Å². The summed E-state index contributed by atoms with van der Waals surface area (Å²) >= 11 is 12.5. The van der Waals surface area contributed by atoms with Gasteiger partial charge in [-0.2, -0.15) is 5.10 Å². The van der Waals surface area contributed by atoms with E-state index in [2.05, 4.69) is 15.8 Å². The van der Waals surface area contributed by atoms with Gasteiger partial charge < -0.3 is 9.47 Å². The molecule has 1 fully saturated rings. The van der Waals surface area contributed by atoms with E-state index in [1.807, 2.05) is 0 Å². The maximum absolute atomic E-state index is 12.2. The van der Waals surface area contributed by atoms with E-state index >= 15 is 0 Å². The van der Waals surface area contributed by atoms with Crippen molar-refractivity contribution >= 4 is 64.2 Å². The number of carbonyl (C=O) groups is 4. The first-order valence-corrected chi connectivity index (χ1v) is 10.6. The summed E-state index contributed by atoms with van der Waals surface area (Å²) in [5.74, 6) is -1.39. The molecule has 0 radical (unpaired) electrons. The van der Waals surface area contributed by atoms with E-state index in [4.69, 9.17) is 32.7 Å². The van der Waals surface area contributed by atoms with Crippen LogP contribution in [0.4, 0.5) is 4.79 Å². The number of imide groups is 1. The predicted octanol–water partition coefficient (Wildman–Crippen LogP) is 3.41. The summed E-state index contributed by atoms with van der Waals surface area (Å²) in [6.07, 6.45) is 1.09. The summed E-state index contributed by atoms with van der Waals surface area (Å²) in [5, 5.41) is 5.24. The second-order valence-corrected chi connectivity index (χ2v) is 8.31. The lowest BCUT2D eigenvalue weighted by molar-refractivity contribution is -0.136. The number of rotatable bonds is 7. The van der Waals surface area contributed by atoms with Crippen LogP contribution in [0.3, 0.4) is 0 Å². The zero-order valence-electron chi connectivity index (χ0n) is 16.4. The van der Waals surface area contributed by atoms with Crippen molar-refractivity contribution in [1.29, 1.82) is 0 Å². The van der Waals surface area contributed by atoms with E-state index in [0.717, 1.165) is 11.8 Å². The van der Waals surface area contributed by atoms with Crippen molar-refractivity contribution in [2.45, 2.75) is 11.7 Å². The molecule has 0 saturated carbocycles. The Morgan fingerprint density at radius 3 is 2.62 bits per heavy atom. The highest BCUT2D eigenvalue weighted by Gasteiger charge is 2.34. The minimum Gasteiger partial charge on any atom is -0.493 e. The zero-order valence-corrected chi connectivity index (χ0v) is 18.7. The van der Waals surface area contributed by atoms with Crippen molar-refractivity contribution in [1.82, 2.24) is 10.7 Å². The average Bonchev–Trinajstić information content (AvgIpc) is 3.05. The van der Waals surface area contributed by atoms with Gasteiger partial charge in [0, 0.05) is 5.02 Å². The number of benzene rings is 2. The van der Waals surface area contributed by atoms with Gasteiger partial charge in [-0.1, -0.05) is 35.0 Å². The topological polar surface area (TPSA) is 123 Å². The number of ether oxygens (including phenoxy) is 2. The molecular formula is C20H15Cl2N3O6S. The van der Waals surface area contributed by atoms with E-state index < -0.39 is 28.3 Å². The Bertz CT molecular complexity index is 1120. The van der Waals surface area contributed by atoms with Crippen molar-refractivity contribution in [2.24, 2.45) is 5.10 Å². The van der Waals surface area contributed by atoms with Gasteiger partial charge in [-0.3, -0.25) is 24.5 Å². The molecule has 0 aromatic heterocycles.